The lowest BCUT2D eigenvalue weighted by molar-refractivity contribution is -0.121. The van der Waals surface area contributed by atoms with Crippen LogP contribution in [0.15, 0.2) is 53.5 Å². The van der Waals surface area contributed by atoms with E-state index in [2.05, 4.69) is 5.32 Å². The number of nitrogens with one attached hydrogen (secondary N) is 1. The van der Waals surface area contributed by atoms with E-state index in [1.165, 1.54) is 22.9 Å². The second kappa shape index (κ2) is 6.47. The van der Waals surface area contributed by atoms with Crippen molar-refractivity contribution in [2.45, 2.75) is 13.1 Å². The monoisotopic (exact) mass is 270 g/mol. The number of carbonyl (C=O) groups is 2. The standard InChI is InChI=1S/C15H14N2O3/c18-11-13-6-7-15(20)17(9-13)10-14(19)16-8-12-4-2-1-3-5-12/h1-7,9,11H,8,10H2,(H,16,19). The second-order valence-corrected chi connectivity index (χ2v) is 4.31. The minimum absolute atomic E-state index is 0.104. The van der Waals surface area contributed by atoms with E-state index in [0.717, 1.165) is 5.56 Å². The number of amides is 1. The molecule has 2 aromatic rings. The third-order valence-corrected chi connectivity index (χ3v) is 2.79. The Hall–Kier alpha value is -2.69. The van der Waals surface area contributed by atoms with Gasteiger partial charge in [0, 0.05) is 24.4 Å². The Morgan fingerprint density at radius 1 is 1.15 bits per heavy atom. The van der Waals surface area contributed by atoms with Gasteiger partial charge in [-0.1, -0.05) is 30.3 Å². The fourth-order valence-corrected chi connectivity index (χ4v) is 1.75. The van der Waals surface area contributed by atoms with E-state index in [-0.39, 0.29) is 18.0 Å². The highest BCUT2D eigenvalue weighted by Gasteiger charge is 2.05. The fraction of sp³-hybridized carbons (Fsp3) is 0.133. The summed E-state index contributed by atoms with van der Waals surface area (Å²) in [6.07, 6.45) is 2.01. The summed E-state index contributed by atoms with van der Waals surface area (Å²) in [4.78, 5) is 34.0. The number of aromatic nitrogens is 1. The molecule has 0 atom stereocenters. The Kier molecular flexibility index (Phi) is 4.44. The van der Waals surface area contributed by atoms with Crippen molar-refractivity contribution < 1.29 is 9.59 Å². The lowest BCUT2D eigenvalue weighted by Crippen LogP contribution is -2.31. The zero-order valence-corrected chi connectivity index (χ0v) is 10.8. The number of carbonyl (C=O) groups excluding carboxylic acids is 2. The molecule has 20 heavy (non-hydrogen) atoms. The van der Waals surface area contributed by atoms with Gasteiger partial charge in [0.25, 0.3) is 5.56 Å². The van der Waals surface area contributed by atoms with Crippen LogP contribution < -0.4 is 10.9 Å². The van der Waals surface area contributed by atoms with Crippen molar-refractivity contribution in [2.75, 3.05) is 0 Å². The molecule has 1 N–H and O–H groups in total. The van der Waals surface area contributed by atoms with Crippen LogP contribution in [0.25, 0.3) is 0 Å². The Labute approximate surface area is 115 Å². The van der Waals surface area contributed by atoms with Gasteiger partial charge in [0.15, 0.2) is 6.29 Å². The molecular weight excluding hydrogens is 256 g/mol. The SMILES string of the molecule is O=Cc1ccc(=O)n(CC(=O)NCc2ccccc2)c1. The zero-order valence-electron chi connectivity index (χ0n) is 10.8. The van der Waals surface area contributed by atoms with E-state index in [1.807, 2.05) is 30.3 Å². The summed E-state index contributed by atoms with van der Waals surface area (Å²) in [5.74, 6) is -0.279. The van der Waals surface area contributed by atoms with E-state index in [0.29, 0.717) is 18.4 Å². The largest absolute Gasteiger partial charge is 0.350 e. The van der Waals surface area contributed by atoms with Crippen molar-refractivity contribution in [3.8, 4) is 0 Å². The third kappa shape index (κ3) is 3.65. The number of aldehydes is 1. The Morgan fingerprint density at radius 3 is 2.60 bits per heavy atom. The molecule has 0 unspecified atom stereocenters. The first-order valence-electron chi connectivity index (χ1n) is 6.15. The quantitative estimate of drug-likeness (QED) is 0.823. The van der Waals surface area contributed by atoms with Gasteiger partial charge in [0.05, 0.1) is 0 Å². The number of nitrogens with zero attached hydrogens (tertiary/aromatic N) is 1. The zero-order chi connectivity index (χ0) is 14.4. The van der Waals surface area contributed by atoms with Crippen molar-refractivity contribution in [3.05, 3.63) is 70.1 Å². The molecule has 0 radical (unpaired) electrons. The maximum absolute atomic E-state index is 11.8. The summed E-state index contributed by atoms with van der Waals surface area (Å²) in [7, 11) is 0. The van der Waals surface area contributed by atoms with Gasteiger partial charge in [-0.05, 0) is 11.6 Å². The fourth-order valence-electron chi connectivity index (χ4n) is 1.75. The molecule has 1 aromatic heterocycles. The van der Waals surface area contributed by atoms with E-state index in [1.54, 1.807) is 0 Å². The van der Waals surface area contributed by atoms with Gasteiger partial charge in [-0.3, -0.25) is 14.4 Å². The summed E-state index contributed by atoms with van der Waals surface area (Å²) in [5.41, 5.74) is 1.03. The molecule has 0 fully saturated rings. The molecule has 1 heterocycles. The molecule has 102 valence electrons. The first-order valence-corrected chi connectivity index (χ1v) is 6.15. The van der Waals surface area contributed by atoms with Crippen LogP contribution in [0.2, 0.25) is 0 Å². The van der Waals surface area contributed by atoms with Crippen molar-refractivity contribution in [1.29, 1.82) is 0 Å². The average molecular weight is 270 g/mol. The molecule has 0 aliphatic heterocycles. The molecule has 0 aliphatic rings. The smallest absolute Gasteiger partial charge is 0.251 e. The Bertz CT molecular complexity index is 662. The first kappa shape index (κ1) is 13.7. The molecule has 1 aromatic carbocycles. The van der Waals surface area contributed by atoms with Crippen LogP contribution in [-0.4, -0.2) is 16.8 Å². The predicted molar refractivity (Wildman–Crippen MR) is 74.4 cm³/mol. The lowest BCUT2D eigenvalue weighted by atomic mass is 10.2. The van der Waals surface area contributed by atoms with E-state index in [9.17, 15) is 14.4 Å². The van der Waals surface area contributed by atoms with Gasteiger partial charge in [0.1, 0.15) is 6.54 Å². The molecule has 0 aliphatic carbocycles. The summed E-state index contributed by atoms with van der Waals surface area (Å²) in [6, 6.07) is 12.2. The molecule has 0 saturated carbocycles. The summed E-state index contributed by atoms with van der Waals surface area (Å²) < 4.78 is 1.21. The molecular formula is C15H14N2O3. The van der Waals surface area contributed by atoms with Gasteiger partial charge in [-0.25, -0.2) is 0 Å². The van der Waals surface area contributed by atoms with Crippen LogP contribution in [0.1, 0.15) is 15.9 Å². The van der Waals surface area contributed by atoms with Crippen LogP contribution in [0.5, 0.6) is 0 Å². The molecule has 0 spiro atoms. The minimum atomic E-state index is -0.314. The van der Waals surface area contributed by atoms with Crippen LogP contribution >= 0.6 is 0 Å². The highest BCUT2D eigenvalue weighted by molar-refractivity contribution is 5.76. The minimum Gasteiger partial charge on any atom is -0.350 e. The summed E-state index contributed by atoms with van der Waals surface area (Å²) in [5, 5.41) is 2.73. The van der Waals surface area contributed by atoms with Crippen LogP contribution in [0, 0.1) is 0 Å². The Morgan fingerprint density at radius 2 is 1.90 bits per heavy atom. The van der Waals surface area contributed by atoms with Crippen molar-refractivity contribution in [3.63, 3.8) is 0 Å². The van der Waals surface area contributed by atoms with Crippen molar-refractivity contribution in [2.24, 2.45) is 0 Å². The van der Waals surface area contributed by atoms with Gasteiger partial charge >= 0.3 is 0 Å². The topological polar surface area (TPSA) is 68.2 Å². The van der Waals surface area contributed by atoms with E-state index in [4.69, 9.17) is 0 Å². The molecule has 5 nitrogen and oxygen atoms in total. The van der Waals surface area contributed by atoms with Gasteiger partial charge in [0.2, 0.25) is 5.91 Å². The van der Waals surface area contributed by atoms with Crippen molar-refractivity contribution in [1.82, 2.24) is 9.88 Å². The average Bonchev–Trinajstić information content (AvgIpc) is 2.48. The van der Waals surface area contributed by atoms with Gasteiger partial charge in [-0.15, -0.1) is 0 Å². The number of hydrogen-bond acceptors (Lipinski definition) is 3. The predicted octanol–water partition coefficient (Wildman–Crippen LogP) is 0.977. The molecule has 5 heteroatoms. The lowest BCUT2D eigenvalue weighted by Gasteiger charge is -2.07. The highest BCUT2D eigenvalue weighted by Crippen LogP contribution is 1.97. The van der Waals surface area contributed by atoms with Gasteiger partial charge < -0.3 is 9.88 Å². The van der Waals surface area contributed by atoms with E-state index >= 15 is 0 Å². The number of rotatable bonds is 5. The van der Waals surface area contributed by atoms with Crippen LogP contribution in [0.4, 0.5) is 0 Å². The number of hydrogen-bond donors (Lipinski definition) is 1. The van der Waals surface area contributed by atoms with Gasteiger partial charge in [-0.2, -0.15) is 0 Å². The second-order valence-electron chi connectivity index (χ2n) is 4.31. The number of pyridine rings is 1. The highest BCUT2D eigenvalue weighted by atomic mass is 16.2. The third-order valence-electron chi connectivity index (χ3n) is 2.79. The van der Waals surface area contributed by atoms with Crippen molar-refractivity contribution >= 4 is 12.2 Å². The summed E-state index contributed by atoms with van der Waals surface area (Å²) >= 11 is 0. The maximum Gasteiger partial charge on any atom is 0.251 e. The molecule has 0 bridgehead atoms. The number of benzene rings is 1. The molecule has 0 saturated heterocycles. The molecule has 2 rings (SSSR count). The normalized spacial score (nSPS) is 10.0. The van der Waals surface area contributed by atoms with Crippen LogP contribution in [-0.2, 0) is 17.9 Å². The Balaban J connectivity index is 1.98. The summed E-state index contributed by atoms with van der Waals surface area (Å²) in [6.45, 7) is 0.301. The van der Waals surface area contributed by atoms with E-state index < -0.39 is 0 Å². The van der Waals surface area contributed by atoms with Crippen LogP contribution in [0.3, 0.4) is 0 Å². The first-order chi connectivity index (χ1) is 9.69. The maximum atomic E-state index is 11.8. The molecule has 1 amide bonds.